The van der Waals surface area contributed by atoms with Crippen molar-refractivity contribution in [3.8, 4) is 5.88 Å². The van der Waals surface area contributed by atoms with Crippen molar-refractivity contribution >= 4 is 15.9 Å². The molecule has 0 aliphatic carbocycles. The van der Waals surface area contributed by atoms with Gasteiger partial charge in [-0.1, -0.05) is 0 Å². The third-order valence-electron chi connectivity index (χ3n) is 4.16. The first-order valence-corrected chi connectivity index (χ1v) is 9.02. The van der Waals surface area contributed by atoms with E-state index < -0.39 is 10.0 Å². The third kappa shape index (κ3) is 2.48. The maximum absolute atomic E-state index is 12.6. The van der Waals surface area contributed by atoms with E-state index in [1.54, 1.807) is 16.5 Å². The predicted molar refractivity (Wildman–Crippen MR) is 79.4 cm³/mol. The summed E-state index contributed by atoms with van der Waals surface area (Å²) in [5, 5.41) is 4.32. The number of sulfonamides is 1. The summed E-state index contributed by atoms with van der Waals surface area (Å²) in [6.45, 7) is 6.16. The molecule has 0 aromatic carbocycles. The molecule has 122 valence electrons. The molecule has 0 atom stereocenters. The molecule has 1 fully saturated rings. The second-order valence-corrected chi connectivity index (χ2v) is 7.70. The standard InChI is InChI=1S/C13H20N4O4S/c1-3-22(19,20)16-6-4-15(5-7-16)12(18)11-10(2)13-17(14-11)8-9-21-13/h3-9H2,1-2H3. The van der Waals surface area contributed by atoms with Gasteiger partial charge in [-0.3, -0.25) is 4.79 Å². The van der Waals surface area contributed by atoms with Gasteiger partial charge in [0, 0.05) is 31.7 Å². The summed E-state index contributed by atoms with van der Waals surface area (Å²) in [4.78, 5) is 14.2. The lowest BCUT2D eigenvalue weighted by atomic mass is 10.2. The van der Waals surface area contributed by atoms with Gasteiger partial charge in [0.05, 0.1) is 12.3 Å². The van der Waals surface area contributed by atoms with Gasteiger partial charge in [0.15, 0.2) is 5.69 Å². The number of hydrogen-bond donors (Lipinski definition) is 0. The molecule has 2 aliphatic heterocycles. The Morgan fingerprint density at radius 2 is 1.91 bits per heavy atom. The number of hydrogen-bond acceptors (Lipinski definition) is 5. The van der Waals surface area contributed by atoms with Crippen LogP contribution in [0.15, 0.2) is 0 Å². The molecule has 0 radical (unpaired) electrons. The number of ether oxygens (including phenoxy) is 1. The molecule has 0 saturated carbocycles. The van der Waals surface area contributed by atoms with E-state index in [0.29, 0.717) is 50.9 Å². The van der Waals surface area contributed by atoms with Gasteiger partial charge in [-0.15, -0.1) is 0 Å². The summed E-state index contributed by atoms with van der Waals surface area (Å²) >= 11 is 0. The first-order chi connectivity index (χ1) is 10.4. The minimum absolute atomic E-state index is 0.0885. The first-order valence-electron chi connectivity index (χ1n) is 7.41. The van der Waals surface area contributed by atoms with E-state index >= 15 is 0 Å². The third-order valence-corrected chi connectivity index (χ3v) is 6.04. The Morgan fingerprint density at radius 3 is 2.50 bits per heavy atom. The van der Waals surface area contributed by atoms with Crippen molar-refractivity contribution in [2.75, 3.05) is 38.5 Å². The Morgan fingerprint density at radius 1 is 1.23 bits per heavy atom. The molecule has 3 heterocycles. The van der Waals surface area contributed by atoms with Crippen molar-refractivity contribution in [1.29, 1.82) is 0 Å². The lowest BCUT2D eigenvalue weighted by molar-refractivity contribution is 0.0690. The van der Waals surface area contributed by atoms with E-state index in [1.165, 1.54) is 4.31 Å². The van der Waals surface area contributed by atoms with Gasteiger partial charge in [-0.2, -0.15) is 9.40 Å². The van der Waals surface area contributed by atoms with Crippen molar-refractivity contribution in [3.05, 3.63) is 11.3 Å². The van der Waals surface area contributed by atoms with Gasteiger partial charge >= 0.3 is 0 Å². The first kappa shape index (κ1) is 15.3. The molecule has 1 aromatic heterocycles. The Bertz CT molecular complexity index is 689. The van der Waals surface area contributed by atoms with Crippen LogP contribution in [0.5, 0.6) is 5.88 Å². The van der Waals surface area contributed by atoms with E-state index in [4.69, 9.17) is 4.74 Å². The zero-order chi connectivity index (χ0) is 15.9. The molecule has 0 spiro atoms. The number of piperazine rings is 1. The highest BCUT2D eigenvalue weighted by molar-refractivity contribution is 7.89. The van der Waals surface area contributed by atoms with Crippen LogP contribution in [0, 0.1) is 6.92 Å². The zero-order valence-electron chi connectivity index (χ0n) is 12.8. The minimum atomic E-state index is -3.18. The summed E-state index contributed by atoms with van der Waals surface area (Å²) in [6, 6.07) is 0. The minimum Gasteiger partial charge on any atom is -0.476 e. The number of carbonyl (C=O) groups excluding carboxylic acids is 1. The number of carbonyl (C=O) groups is 1. The predicted octanol–water partition coefficient (Wildman–Crippen LogP) is -0.309. The quantitative estimate of drug-likeness (QED) is 0.760. The SMILES string of the molecule is CCS(=O)(=O)N1CCN(C(=O)c2nn3c(c2C)OCC3)CC1. The van der Waals surface area contributed by atoms with Crippen molar-refractivity contribution < 1.29 is 17.9 Å². The normalized spacial score (nSPS) is 19.1. The summed E-state index contributed by atoms with van der Waals surface area (Å²) in [5.41, 5.74) is 1.16. The van der Waals surface area contributed by atoms with Crippen molar-refractivity contribution in [3.63, 3.8) is 0 Å². The topological polar surface area (TPSA) is 84.7 Å². The van der Waals surface area contributed by atoms with Crippen molar-refractivity contribution in [1.82, 2.24) is 19.0 Å². The Kier molecular flexibility index (Phi) is 3.85. The van der Waals surface area contributed by atoms with Crippen LogP contribution in [0.25, 0.3) is 0 Å². The number of nitrogens with zero attached hydrogens (tertiary/aromatic N) is 4. The number of amides is 1. The smallest absolute Gasteiger partial charge is 0.274 e. The van der Waals surface area contributed by atoms with Gasteiger partial charge in [-0.25, -0.2) is 13.1 Å². The van der Waals surface area contributed by atoms with Crippen LogP contribution in [-0.2, 0) is 16.6 Å². The Labute approximate surface area is 129 Å². The molecule has 0 unspecified atom stereocenters. The fourth-order valence-corrected chi connectivity index (χ4v) is 3.89. The molecule has 0 bridgehead atoms. The molecule has 8 nitrogen and oxygen atoms in total. The van der Waals surface area contributed by atoms with E-state index in [9.17, 15) is 13.2 Å². The summed E-state index contributed by atoms with van der Waals surface area (Å²) in [5.74, 6) is 0.595. The van der Waals surface area contributed by atoms with Gasteiger partial charge in [0.25, 0.3) is 5.91 Å². The summed E-state index contributed by atoms with van der Waals surface area (Å²) < 4.78 is 32.3. The summed E-state index contributed by atoms with van der Waals surface area (Å²) in [6.07, 6.45) is 0. The Balaban J connectivity index is 1.71. The van der Waals surface area contributed by atoms with Crippen LogP contribution in [0.3, 0.4) is 0 Å². The van der Waals surface area contributed by atoms with E-state index in [2.05, 4.69) is 5.10 Å². The fourth-order valence-electron chi connectivity index (χ4n) is 2.80. The van der Waals surface area contributed by atoms with E-state index in [0.717, 1.165) is 5.56 Å². The highest BCUT2D eigenvalue weighted by Gasteiger charge is 2.31. The largest absolute Gasteiger partial charge is 0.476 e. The highest BCUT2D eigenvalue weighted by atomic mass is 32.2. The van der Waals surface area contributed by atoms with Crippen LogP contribution in [-0.4, -0.2) is 71.8 Å². The fraction of sp³-hybridized carbons (Fsp3) is 0.692. The van der Waals surface area contributed by atoms with Crippen LogP contribution in [0.1, 0.15) is 23.0 Å². The maximum atomic E-state index is 12.6. The zero-order valence-corrected chi connectivity index (χ0v) is 13.6. The molecule has 9 heteroatoms. The summed E-state index contributed by atoms with van der Waals surface area (Å²) in [7, 11) is -3.18. The van der Waals surface area contributed by atoms with Crippen LogP contribution in [0.2, 0.25) is 0 Å². The lowest BCUT2D eigenvalue weighted by Crippen LogP contribution is -2.51. The van der Waals surface area contributed by atoms with Crippen LogP contribution in [0.4, 0.5) is 0 Å². The van der Waals surface area contributed by atoms with E-state index in [1.807, 2.05) is 6.92 Å². The second kappa shape index (κ2) is 5.54. The average molecular weight is 328 g/mol. The maximum Gasteiger partial charge on any atom is 0.274 e. The van der Waals surface area contributed by atoms with Crippen molar-refractivity contribution in [2.45, 2.75) is 20.4 Å². The molecule has 1 aromatic rings. The molecule has 1 saturated heterocycles. The van der Waals surface area contributed by atoms with Gasteiger partial charge in [0.2, 0.25) is 15.9 Å². The van der Waals surface area contributed by atoms with Gasteiger partial charge in [-0.05, 0) is 13.8 Å². The molecule has 0 N–H and O–H groups in total. The Hall–Kier alpha value is -1.61. The number of fused-ring (bicyclic) bond motifs is 1. The van der Waals surface area contributed by atoms with E-state index in [-0.39, 0.29) is 11.7 Å². The lowest BCUT2D eigenvalue weighted by Gasteiger charge is -2.33. The number of rotatable bonds is 3. The monoisotopic (exact) mass is 328 g/mol. The van der Waals surface area contributed by atoms with Gasteiger partial charge < -0.3 is 9.64 Å². The molecule has 3 rings (SSSR count). The highest BCUT2D eigenvalue weighted by Crippen LogP contribution is 2.26. The second-order valence-electron chi connectivity index (χ2n) is 5.44. The molecule has 22 heavy (non-hydrogen) atoms. The van der Waals surface area contributed by atoms with Crippen LogP contribution < -0.4 is 4.74 Å². The van der Waals surface area contributed by atoms with Crippen LogP contribution >= 0.6 is 0 Å². The van der Waals surface area contributed by atoms with Crippen molar-refractivity contribution in [2.24, 2.45) is 0 Å². The molecular formula is C13H20N4O4S. The molecular weight excluding hydrogens is 308 g/mol. The van der Waals surface area contributed by atoms with Gasteiger partial charge in [0.1, 0.15) is 6.61 Å². The number of aromatic nitrogens is 2. The average Bonchev–Trinajstić information content (AvgIpc) is 3.10. The molecule has 1 amide bonds. The molecule has 2 aliphatic rings.